The number of carbonyl (C=O) groups excluding carboxylic acids is 1. The summed E-state index contributed by atoms with van der Waals surface area (Å²) in [5, 5.41) is 12.2. The number of hydrogen-bond donors (Lipinski definition) is 4. The van der Waals surface area contributed by atoms with Crippen LogP contribution in [0.25, 0.3) is 10.8 Å². The Morgan fingerprint density at radius 3 is 2.55 bits per heavy atom. The van der Waals surface area contributed by atoms with Crippen molar-refractivity contribution in [2.45, 2.75) is 65.1 Å². The monoisotopic (exact) mass is 511 g/mol. The summed E-state index contributed by atoms with van der Waals surface area (Å²) in [5.74, 6) is 0.783. The van der Waals surface area contributed by atoms with Gasteiger partial charge in [-0.1, -0.05) is 15.9 Å². The molecule has 7 nitrogen and oxygen atoms in total. The van der Waals surface area contributed by atoms with Crippen LogP contribution in [0.1, 0.15) is 49.4 Å². The van der Waals surface area contributed by atoms with E-state index in [0.717, 1.165) is 63.7 Å². The summed E-state index contributed by atoms with van der Waals surface area (Å²) < 4.78 is 0.963. The first kappa shape index (κ1) is 23.3. The van der Waals surface area contributed by atoms with Crippen molar-refractivity contribution in [3.05, 3.63) is 62.1 Å². The lowest BCUT2D eigenvalue weighted by Gasteiger charge is -2.30. The summed E-state index contributed by atoms with van der Waals surface area (Å²) in [6.45, 7) is 5.81. The fourth-order valence-electron chi connectivity index (χ4n) is 4.67. The molecule has 4 N–H and O–H groups in total. The highest BCUT2D eigenvalue weighted by Gasteiger charge is 2.22. The SMILES string of the molecule is CC(=O)NC1CCC(Nc2cc(Br)cc3c(NCc4c(C)cc(C)[nH]c4=O)nccc23)CC1. The molecule has 4 rings (SSSR count). The number of benzene rings is 1. The van der Waals surface area contributed by atoms with Crippen molar-refractivity contribution in [3.8, 4) is 0 Å². The number of carbonyl (C=O) groups is 1. The van der Waals surface area contributed by atoms with Crippen LogP contribution < -0.4 is 21.5 Å². The van der Waals surface area contributed by atoms with E-state index in [9.17, 15) is 9.59 Å². The van der Waals surface area contributed by atoms with E-state index < -0.39 is 0 Å². The van der Waals surface area contributed by atoms with E-state index in [2.05, 4.69) is 54.0 Å². The van der Waals surface area contributed by atoms with Gasteiger partial charge in [-0.3, -0.25) is 9.59 Å². The first-order chi connectivity index (χ1) is 15.8. The standard InChI is InChI=1S/C25H30BrN5O2/c1-14-10-15(2)29-25(33)22(14)13-28-24-21-11-17(26)12-23(20(21)8-9-27-24)31-19-6-4-18(5-7-19)30-16(3)32/h8-12,18-19,31H,4-7,13H2,1-3H3,(H,27,28)(H,29,33)(H,30,32). The molecule has 1 aliphatic rings. The van der Waals surface area contributed by atoms with Crippen molar-refractivity contribution in [2.75, 3.05) is 10.6 Å². The topological polar surface area (TPSA) is 98.9 Å². The smallest absolute Gasteiger partial charge is 0.253 e. The number of halogens is 1. The van der Waals surface area contributed by atoms with Crippen molar-refractivity contribution in [3.63, 3.8) is 0 Å². The lowest BCUT2D eigenvalue weighted by Crippen LogP contribution is -2.39. The maximum absolute atomic E-state index is 12.4. The van der Waals surface area contributed by atoms with Gasteiger partial charge in [-0.15, -0.1) is 0 Å². The zero-order valence-electron chi connectivity index (χ0n) is 19.2. The van der Waals surface area contributed by atoms with Crippen molar-refractivity contribution in [1.82, 2.24) is 15.3 Å². The van der Waals surface area contributed by atoms with Gasteiger partial charge in [0.15, 0.2) is 0 Å². The minimum Gasteiger partial charge on any atom is -0.382 e. The van der Waals surface area contributed by atoms with Gasteiger partial charge in [-0.05, 0) is 69.4 Å². The molecule has 0 saturated heterocycles. The van der Waals surface area contributed by atoms with Crippen LogP contribution >= 0.6 is 15.9 Å². The Hall–Kier alpha value is -2.87. The number of amides is 1. The molecule has 0 bridgehead atoms. The first-order valence-corrected chi connectivity index (χ1v) is 12.1. The van der Waals surface area contributed by atoms with E-state index in [1.165, 1.54) is 0 Å². The maximum Gasteiger partial charge on any atom is 0.253 e. The Labute approximate surface area is 201 Å². The Bertz CT molecular complexity index is 1230. The van der Waals surface area contributed by atoms with Crippen LogP contribution in [0.15, 0.2) is 39.7 Å². The molecule has 2 aromatic heterocycles. The molecule has 1 aliphatic carbocycles. The third-order valence-electron chi connectivity index (χ3n) is 6.27. The van der Waals surface area contributed by atoms with Crippen LogP contribution in [0.3, 0.4) is 0 Å². The second-order valence-electron chi connectivity index (χ2n) is 8.90. The van der Waals surface area contributed by atoms with Crippen LogP contribution in [0.5, 0.6) is 0 Å². The van der Waals surface area contributed by atoms with Crippen LogP contribution in [0.2, 0.25) is 0 Å². The molecule has 1 amide bonds. The molecule has 1 saturated carbocycles. The predicted molar refractivity (Wildman–Crippen MR) is 137 cm³/mol. The Balaban J connectivity index is 1.54. The number of hydrogen-bond acceptors (Lipinski definition) is 5. The summed E-state index contributed by atoms with van der Waals surface area (Å²) in [6, 6.07) is 8.77. The first-order valence-electron chi connectivity index (χ1n) is 11.4. The van der Waals surface area contributed by atoms with Crippen LogP contribution in [-0.2, 0) is 11.3 Å². The maximum atomic E-state index is 12.4. The minimum atomic E-state index is -0.0707. The van der Waals surface area contributed by atoms with Gasteiger partial charge in [0, 0.05) is 63.9 Å². The molecular formula is C25H30BrN5O2. The molecule has 2 heterocycles. The highest BCUT2D eigenvalue weighted by Crippen LogP contribution is 2.34. The summed E-state index contributed by atoms with van der Waals surface area (Å²) in [5.41, 5.74) is 3.51. The average Bonchev–Trinajstić information content (AvgIpc) is 2.74. The number of aryl methyl sites for hydroxylation is 2. The fourth-order valence-corrected chi connectivity index (χ4v) is 5.13. The highest BCUT2D eigenvalue weighted by atomic mass is 79.9. The number of anilines is 2. The third kappa shape index (κ3) is 5.55. The molecule has 1 aromatic carbocycles. The second-order valence-corrected chi connectivity index (χ2v) is 9.81. The number of pyridine rings is 2. The Kier molecular flexibility index (Phi) is 7.02. The van der Waals surface area contributed by atoms with E-state index in [0.29, 0.717) is 18.2 Å². The number of fused-ring (bicyclic) bond motifs is 1. The van der Waals surface area contributed by atoms with Gasteiger partial charge in [0.25, 0.3) is 5.56 Å². The Morgan fingerprint density at radius 2 is 1.85 bits per heavy atom. The van der Waals surface area contributed by atoms with Crippen LogP contribution in [0.4, 0.5) is 11.5 Å². The predicted octanol–water partition coefficient (Wildman–Crippen LogP) is 4.77. The fraction of sp³-hybridized carbons (Fsp3) is 0.400. The lowest BCUT2D eigenvalue weighted by molar-refractivity contribution is -0.119. The van der Waals surface area contributed by atoms with Crippen molar-refractivity contribution >= 4 is 44.1 Å². The van der Waals surface area contributed by atoms with E-state index in [4.69, 9.17) is 0 Å². The average molecular weight is 512 g/mol. The molecule has 1 fully saturated rings. The van der Waals surface area contributed by atoms with Gasteiger partial charge >= 0.3 is 0 Å². The number of aromatic amines is 1. The van der Waals surface area contributed by atoms with Crippen molar-refractivity contribution < 1.29 is 4.79 Å². The largest absolute Gasteiger partial charge is 0.382 e. The summed E-state index contributed by atoms with van der Waals surface area (Å²) in [6.07, 6.45) is 5.75. The van der Waals surface area contributed by atoms with Crippen molar-refractivity contribution in [2.24, 2.45) is 0 Å². The number of aromatic nitrogens is 2. The lowest BCUT2D eigenvalue weighted by atomic mass is 9.90. The van der Waals surface area contributed by atoms with E-state index in [-0.39, 0.29) is 17.5 Å². The normalized spacial score (nSPS) is 18.2. The highest BCUT2D eigenvalue weighted by molar-refractivity contribution is 9.10. The quantitative estimate of drug-likeness (QED) is 0.381. The molecule has 0 radical (unpaired) electrons. The zero-order chi connectivity index (χ0) is 23.5. The van der Waals surface area contributed by atoms with Crippen molar-refractivity contribution in [1.29, 1.82) is 0 Å². The zero-order valence-corrected chi connectivity index (χ0v) is 20.8. The molecule has 8 heteroatoms. The molecule has 0 spiro atoms. The summed E-state index contributed by atoms with van der Waals surface area (Å²) in [7, 11) is 0. The van der Waals surface area contributed by atoms with E-state index >= 15 is 0 Å². The molecule has 33 heavy (non-hydrogen) atoms. The molecule has 0 unspecified atom stereocenters. The van der Waals surface area contributed by atoms with Gasteiger partial charge in [0.1, 0.15) is 5.82 Å². The third-order valence-corrected chi connectivity index (χ3v) is 6.72. The van der Waals surface area contributed by atoms with Gasteiger partial charge in [0.2, 0.25) is 5.91 Å². The second kappa shape index (κ2) is 9.95. The molecule has 174 valence electrons. The number of nitrogens with zero attached hydrogens (tertiary/aromatic N) is 1. The number of nitrogens with one attached hydrogen (secondary N) is 4. The molecular weight excluding hydrogens is 482 g/mol. The van der Waals surface area contributed by atoms with Crippen LogP contribution in [0, 0.1) is 13.8 Å². The number of rotatable bonds is 6. The molecule has 0 atom stereocenters. The minimum absolute atomic E-state index is 0.0414. The number of H-pyrrole nitrogens is 1. The summed E-state index contributed by atoms with van der Waals surface area (Å²) >= 11 is 3.65. The van der Waals surface area contributed by atoms with Crippen LogP contribution in [-0.4, -0.2) is 28.0 Å². The van der Waals surface area contributed by atoms with E-state index in [1.807, 2.05) is 26.0 Å². The van der Waals surface area contributed by atoms with Gasteiger partial charge < -0.3 is 20.9 Å². The van der Waals surface area contributed by atoms with Gasteiger partial charge in [-0.2, -0.15) is 0 Å². The molecule has 0 aliphatic heterocycles. The van der Waals surface area contributed by atoms with Gasteiger partial charge in [-0.25, -0.2) is 4.98 Å². The van der Waals surface area contributed by atoms with Gasteiger partial charge in [0.05, 0.1) is 0 Å². The Morgan fingerprint density at radius 1 is 1.12 bits per heavy atom. The van der Waals surface area contributed by atoms with E-state index in [1.54, 1.807) is 13.1 Å². The summed E-state index contributed by atoms with van der Waals surface area (Å²) in [4.78, 5) is 31.2. The molecule has 3 aromatic rings.